The number of fused-ring (bicyclic) bond motifs is 1. The zero-order chi connectivity index (χ0) is 25.5. The lowest BCUT2D eigenvalue weighted by atomic mass is 10.1. The van der Waals surface area contributed by atoms with E-state index in [1.807, 2.05) is 6.07 Å². The van der Waals surface area contributed by atoms with Crippen molar-refractivity contribution < 1.29 is 18.6 Å². The van der Waals surface area contributed by atoms with Crippen LogP contribution in [-0.2, 0) is 0 Å². The van der Waals surface area contributed by atoms with Gasteiger partial charge in [-0.3, -0.25) is 0 Å². The second kappa shape index (κ2) is 16.1. The number of benzene rings is 1. The van der Waals surface area contributed by atoms with Gasteiger partial charge in [0.25, 0.3) is 0 Å². The minimum absolute atomic E-state index is 0.125. The van der Waals surface area contributed by atoms with Crippen LogP contribution in [0.5, 0.6) is 17.2 Å². The highest BCUT2D eigenvalue weighted by Crippen LogP contribution is 2.39. The Kier molecular flexibility index (Phi) is 13.1. The van der Waals surface area contributed by atoms with E-state index in [0.717, 1.165) is 25.7 Å². The molecular formula is C30H44O5. The molecule has 0 aliphatic carbocycles. The molecule has 35 heavy (non-hydrogen) atoms. The zero-order valence-electron chi connectivity index (χ0n) is 22.4. The van der Waals surface area contributed by atoms with Crippen LogP contribution in [0.2, 0.25) is 0 Å². The van der Waals surface area contributed by atoms with Gasteiger partial charge in [-0.1, -0.05) is 75.2 Å². The monoisotopic (exact) mass is 484 g/mol. The van der Waals surface area contributed by atoms with Crippen LogP contribution >= 0.6 is 0 Å². The quantitative estimate of drug-likeness (QED) is 0.128. The summed E-state index contributed by atoms with van der Waals surface area (Å²) in [5.74, 6) is 1.10. The van der Waals surface area contributed by atoms with E-state index in [-0.39, 0.29) is 5.75 Å². The van der Waals surface area contributed by atoms with Crippen molar-refractivity contribution in [1.29, 1.82) is 0 Å². The molecule has 0 saturated heterocycles. The maximum atomic E-state index is 12.8. The predicted molar refractivity (Wildman–Crippen MR) is 145 cm³/mol. The van der Waals surface area contributed by atoms with Crippen LogP contribution in [0, 0.1) is 0 Å². The highest BCUT2D eigenvalue weighted by molar-refractivity contribution is 5.91. The molecule has 0 saturated carbocycles. The third kappa shape index (κ3) is 9.83. The van der Waals surface area contributed by atoms with Crippen molar-refractivity contribution in [2.75, 3.05) is 20.3 Å². The first kappa shape index (κ1) is 28.5. The molecule has 0 unspecified atom stereocenters. The fraction of sp³-hybridized carbons (Fsp3) is 0.567. The molecule has 194 valence electrons. The maximum absolute atomic E-state index is 12.8. The summed E-state index contributed by atoms with van der Waals surface area (Å²) in [4.78, 5) is 12.8. The lowest BCUT2D eigenvalue weighted by molar-refractivity contribution is 0.264. The average molecular weight is 485 g/mol. The third-order valence-electron chi connectivity index (χ3n) is 6.02. The molecule has 1 aromatic carbocycles. The number of allylic oxidation sites excluding steroid dienone is 3. The lowest BCUT2D eigenvalue weighted by Gasteiger charge is -2.15. The fourth-order valence-corrected chi connectivity index (χ4v) is 3.97. The Morgan fingerprint density at radius 1 is 0.914 bits per heavy atom. The molecule has 0 amide bonds. The summed E-state index contributed by atoms with van der Waals surface area (Å²) < 4.78 is 23.2. The van der Waals surface area contributed by atoms with Gasteiger partial charge < -0.3 is 18.6 Å². The van der Waals surface area contributed by atoms with E-state index in [1.54, 1.807) is 19.2 Å². The van der Waals surface area contributed by atoms with Crippen molar-refractivity contribution in [2.45, 2.75) is 91.9 Å². The number of rotatable bonds is 17. The number of hydrogen-bond acceptors (Lipinski definition) is 5. The lowest BCUT2D eigenvalue weighted by Crippen LogP contribution is -2.12. The van der Waals surface area contributed by atoms with E-state index in [4.69, 9.17) is 18.6 Å². The SMILES string of the molecule is CCCCCCCCCCOc1c(OCC=C(C)CCC=C(C)C)c2c(OC)cccc2oc1=O. The molecule has 0 atom stereocenters. The second-order valence-electron chi connectivity index (χ2n) is 9.39. The van der Waals surface area contributed by atoms with E-state index < -0.39 is 5.63 Å². The second-order valence-corrected chi connectivity index (χ2v) is 9.39. The number of hydrogen-bond donors (Lipinski definition) is 0. The molecule has 5 heteroatoms. The molecule has 0 radical (unpaired) electrons. The number of ether oxygens (including phenoxy) is 3. The minimum atomic E-state index is -0.524. The van der Waals surface area contributed by atoms with Gasteiger partial charge in [-0.25, -0.2) is 4.79 Å². The Morgan fingerprint density at radius 2 is 1.63 bits per heavy atom. The summed E-state index contributed by atoms with van der Waals surface area (Å²) in [7, 11) is 1.60. The van der Waals surface area contributed by atoms with E-state index in [1.165, 1.54) is 49.7 Å². The van der Waals surface area contributed by atoms with Gasteiger partial charge in [-0.15, -0.1) is 0 Å². The Morgan fingerprint density at radius 3 is 2.31 bits per heavy atom. The van der Waals surface area contributed by atoms with Gasteiger partial charge >= 0.3 is 5.63 Å². The minimum Gasteiger partial charge on any atom is -0.496 e. The summed E-state index contributed by atoms with van der Waals surface area (Å²) >= 11 is 0. The van der Waals surface area contributed by atoms with Crippen molar-refractivity contribution in [1.82, 2.24) is 0 Å². The van der Waals surface area contributed by atoms with Gasteiger partial charge in [-0.05, 0) is 58.2 Å². The average Bonchev–Trinajstić information content (AvgIpc) is 2.83. The largest absolute Gasteiger partial charge is 0.496 e. The Balaban J connectivity index is 2.10. The molecule has 0 fully saturated rings. The normalized spacial score (nSPS) is 11.5. The summed E-state index contributed by atoms with van der Waals surface area (Å²) in [6.07, 6.45) is 15.9. The van der Waals surface area contributed by atoms with Crippen LogP contribution in [-0.4, -0.2) is 20.3 Å². The van der Waals surface area contributed by atoms with Gasteiger partial charge in [-0.2, -0.15) is 0 Å². The smallest absolute Gasteiger partial charge is 0.383 e. The van der Waals surface area contributed by atoms with Gasteiger partial charge in [0.15, 0.2) is 5.75 Å². The first-order valence-corrected chi connectivity index (χ1v) is 13.2. The van der Waals surface area contributed by atoms with E-state index in [0.29, 0.717) is 35.7 Å². The standard InChI is InChI=1S/C30H44O5/c1-6-7-8-9-10-11-12-13-21-33-29-28(34-22-20-24(4)17-14-16-23(2)3)27-25(32-5)18-15-19-26(27)35-30(29)31/h15-16,18-20H,6-14,17,21-22H2,1-5H3. The molecule has 5 nitrogen and oxygen atoms in total. The van der Waals surface area contributed by atoms with Crippen molar-refractivity contribution >= 4 is 11.0 Å². The topological polar surface area (TPSA) is 57.9 Å². The predicted octanol–water partition coefficient (Wildman–Crippen LogP) is 8.39. The first-order valence-electron chi connectivity index (χ1n) is 13.2. The van der Waals surface area contributed by atoms with Crippen LogP contribution < -0.4 is 19.8 Å². The van der Waals surface area contributed by atoms with Gasteiger partial charge in [0.2, 0.25) is 5.75 Å². The molecule has 2 aromatic rings. The maximum Gasteiger partial charge on any atom is 0.383 e. The molecule has 0 spiro atoms. The van der Waals surface area contributed by atoms with Crippen molar-refractivity contribution in [3.05, 3.63) is 51.9 Å². The van der Waals surface area contributed by atoms with E-state index in [2.05, 4.69) is 39.8 Å². The van der Waals surface area contributed by atoms with Crippen molar-refractivity contribution in [3.8, 4) is 17.2 Å². The van der Waals surface area contributed by atoms with Gasteiger partial charge in [0.1, 0.15) is 23.3 Å². The number of methoxy groups -OCH3 is 1. The molecule has 1 heterocycles. The Labute approximate surface area is 211 Å². The third-order valence-corrected chi connectivity index (χ3v) is 6.02. The molecule has 0 aliphatic rings. The highest BCUT2D eigenvalue weighted by Gasteiger charge is 2.20. The Hall–Kier alpha value is -2.69. The summed E-state index contributed by atoms with van der Waals surface area (Å²) in [6, 6.07) is 5.37. The summed E-state index contributed by atoms with van der Waals surface area (Å²) in [5, 5.41) is 0.621. The van der Waals surface area contributed by atoms with Crippen LogP contribution in [0.25, 0.3) is 11.0 Å². The van der Waals surface area contributed by atoms with Crippen LogP contribution in [0.3, 0.4) is 0 Å². The van der Waals surface area contributed by atoms with E-state index in [9.17, 15) is 4.79 Å². The highest BCUT2D eigenvalue weighted by atomic mass is 16.5. The van der Waals surface area contributed by atoms with Crippen LogP contribution in [0.4, 0.5) is 0 Å². The molecule has 0 N–H and O–H groups in total. The molecular weight excluding hydrogens is 440 g/mol. The number of unbranched alkanes of at least 4 members (excludes halogenated alkanes) is 7. The van der Waals surface area contributed by atoms with E-state index >= 15 is 0 Å². The molecule has 0 bridgehead atoms. The van der Waals surface area contributed by atoms with Gasteiger partial charge in [0.05, 0.1) is 13.7 Å². The molecule has 0 aliphatic heterocycles. The van der Waals surface area contributed by atoms with Gasteiger partial charge in [0, 0.05) is 0 Å². The first-order chi connectivity index (χ1) is 17.0. The summed E-state index contributed by atoms with van der Waals surface area (Å²) in [5.41, 5.74) is 2.46. The zero-order valence-corrected chi connectivity index (χ0v) is 22.4. The fourth-order valence-electron chi connectivity index (χ4n) is 3.97. The Bertz CT molecular complexity index is 1010. The van der Waals surface area contributed by atoms with Crippen LogP contribution in [0.1, 0.15) is 91.9 Å². The molecule has 2 rings (SSSR count). The summed E-state index contributed by atoms with van der Waals surface area (Å²) in [6.45, 7) is 9.34. The van der Waals surface area contributed by atoms with Crippen LogP contribution in [0.15, 0.2) is 50.7 Å². The van der Waals surface area contributed by atoms with Crippen molar-refractivity contribution in [3.63, 3.8) is 0 Å². The van der Waals surface area contributed by atoms with Crippen molar-refractivity contribution in [2.24, 2.45) is 0 Å². The molecule has 1 aromatic heterocycles.